The van der Waals surface area contributed by atoms with E-state index in [9.17, 15) is 18.3 Å². The molecule has 32 heavy (non-hydrogen) atoms. The summed E-state index contributed by atoms with van der Waals surface area (Å²) >= 11 is 0. The molecule has 1 aromatic rings. The average molecular weight is 467 g/mol. The minimum absolute atomic E-state index is 0.0431. The molecule has 3 aliphatic heterocycles. The van der Waals surface area contributed by atoms with Crippen LogP contribution in [0.4, 0.5) is 0 Å². The van der Waals surface area contributed by atoms with Crippen molar-refractivity contribution in [3.63, 3.8) is 0 Å². The van der Waals surface area contributed by atoms with Crippen molar-refractivity contribution < 1.29 is 27.8 Å². The van der Waals surface area contributed by atoms with Gasteiger partial charge < -0.3 is 19.5 Å². The minimum atomic E-state index is -3.83. The van der Waals surface area contributed by atoms with Gasteiger partial charge >= 0.3 is 0 Å². The molecule has 1 amide bonds. The molecule has 0 bridgehead atoms. The van der Waals surface area contributed by atoms with Crippen LogP contribution < -0.4 is 0 Å². The second kappa shape index (κ2) is 10.2. The fourth-order valence-corrected chi connectivity index (χ4v) is 6.95. The maximum atomic E-state index is 13.6. The summed E-state index contributed by atoms with van der Waals surface area (Å²) in [7, 11) is -3.83. The van der Waals surface area contributed by atoms with Crippen molar-refractivity contribution in [3.05, 3.63) is 29.8 Å². The fourth-order valence-electron chi connectivity index (χ4n) is 5.01. The summed E-state index contributed by atoms with van der Waals surface area (Å²) in [6.07, 6.45) is 3.09. The molecule has 1 aromatic carbocycles. The normalized spacial score (nSPS) is 30.2. The summed E-state index contributed by atoms with van der Waals surface area (Å²) in [6, 6.07) is 6.44. The summed E-state index contributed by atoms with van der Waals surface area (Å²) < 4.78 is 40.5. The zero-order valence-electron chi connectivity index (χ0n) is 18.7. The number of aryl methyl sites for hydroxylation is 1. The molecule has 178 valence electrons. The molecule has 0 aliphatic carbocycles. The maximum absolute atomic E-state index is 13.6. The number of β-amino-alcohol motifs (C(OH)–C–C–N with tert-alkyl or cyclic N) is 1. The Kier molecular flexibility index (Phi) is 7.51. The molecule has 9 heteroatoms. The monoisotopic (exact) mass is 466 g/mol. The molecule has 1 N–H and O–H groups in total. The Morgan fingerprint density at radius 3 is 2.62 bits per heavy atom. The number of hydrogen-bond donors (Lipinski definition) is 1. The number of fused-ring (bicyclic) bond motifs is 1. The Morgan fingerprint density at radius 1 is 1.12 bits per heavy atom. The molecule has 4 rings (SSSR count). The second-order valence-electron chi connectivity index (χ2n) is 9.12. The molecule has 3 aliphatic rings. The van der Waals surface area contributed by atoms with Gasteiger partial charge in [-0.1, -0.05) is 18.2 Å². The molecular formula is C23H34N2O6S. The van der Waals surface area contributed by atoms with Crippen LogP contribution in [0, 0.1) is 6.92 Å². The van der Waals surface area contributed by atoms with Crippen LogP contribution >= 0.6 is 0 Å². The standard InChI is InChI=1S/C23H34N2O6S/c1-17-7-3-4-8-22(17)32(28,29)25-14-18(26)15-30-16-21-20(25)10-9-19(31-21)13-23(27)24-11-5-2-6-12-24/h3-4,7-8,18-21,26H,2,5-6,9-16H2,1H3/t18-,19+,20-,21+/m1/s1. The van der Waals surface area contributed by atoms with Gasteiger partial charge in [-0.15, -0.1) is 0 Å². The van der Waals surface area contributed by atoms with Crippen LogP contribution in [0.2, 0.25) is 0 Å². The van der Waals surface area contributed by atoms with Crippen molar-refractivity contribution in [1.82, 2.24) is 9.21 Å². The Hall–Kier alpha value is -1.52. The van der Waals surface area contributed by atoms with Gasteiger partial charge in [0.2, 0.25) is 15.9 Å². The van der Waals surface area contributed by atoms with Crippen LogP contribution in [-0.2, 0) is 24.3 Å². The number of likely N-dealkylation sites (tertiary alicyclic amines) is 1. The SMILES string of the molecule is Cc1ccccc1S(=O)(=O)N1C[C@@H](O)COC[C@@H]2O[C@H](CC(=O)N3CCCCC3)CC[C@H]21. The van der Waals surface area contributed by atoms with Crippen LogP contribution in [0.25, 0.3) is 0 Å². The van der Waals surface area contributed by atoms with Crippen molar-refractivity contribution in [2.75, 3.05) is 32.8 Å². The molecule has 0 spiro atoms. The third-order valence-electron chi connectivity index (χ3n) is 6.73. The highest BCUT2D eigenvalue weighted by molar-refractivity contribution is 7.89. The van der Waals surface area contributed by atoms with E-state index in [1.165, 1.54) is 10.7 Å². The number of aliphatic hydroxyl groups is 1. The first-order valence-electron chi connectivity index (χ1n) is 11.6. The number of aliphatic hydroxyl groups excluding tert-OH is 1. The summed E-state index contributed by atoms with van der Waals surface area (Å²) in [5.74, 6) is 0.111. The number of hydrogen-bond acceptors (Lipinski definition) is 6. The first-order chi connectivity index (χ1) is 15.4. The highest BCUT2D eigenvalue weighted by Gasteiger charge is 2.43. The molecule has 3 heterocycles. The molecule has 0 saturated carbocycles. The lowest BCUT2D eigenvalue weighted by Crippen LogP contribution is -2.57. The van der Waals surface area contributed by atoms with Crippen molar-refractivity contribution >= 4 is 15.9 Å². The lowest BCUT2D eigenvalue weighted by molar-refractivity contribution is -0.152. The van der Waals surface area contributed by atoms with Gasteiger partial charge in [-0.2, -0.15) is 4.31 Å². The number of carbonyl (C=O) groups excluding carboxylic acids is 1. The molecule has 4 atom stereocenters. The molecule has 8 nitrogen and oxygen atoms in total. The van der Waals surface area contributed by atoms with Gasteiger partial charge in [0.1, 0.15) is 0 Å². The van der Waals surface area contributed by atoms with Gasteiger partial charge in [0.05, 0.1) is 48.9 Å². The number of piperidine rings is 1. The van der Waals surface area contributed by atoms with E-state index < -0.39 is 28.3 Å². The molecule has 3 saturated heterocycles. The van der Waals surface area contributed by atoms with Crippen LogP contribution in [0.1, 0.15) is 44.1 Å². The molecule has 0 aromatic heterocycles. The van der Waals surface area contributed by atoms with Gasteiger partial charge in [0, 0.05) is 19.6 Å². The smallest absolute Gasteiger partial charge is 0.243 e. The minimum Gasteiger partial charge on any atom is -0.389 e. The zero-order chi connectivity index (χ0) is 22.7. The molecule has 0 unspecified atom stereocenters. The van der Waals surface area contributed by atoms with Gasteiger partial charge in [-0.25, -0.2) is 8.42 Å². The van der Waals surface area contributed by atoms with Gasteiger partial charge in [-0.05, 0) is 50.7 Å². The van der Waals surface area contributed by atoms with Gasteiger partial charge in [-0.3, -0.25) is 4.79 Å². The van der Waals surface area contributed by atoms with E-state index in [2.05, 4.69) is 0 Å². The Labute approximate surface area is 190 Å². The van der Waals surface area contributed by atoms with Crippen molar-refractivity contribution in [2.45, 2.75) is 74.7 Å². The van der Waals surface area contributed by atoms with E-state index in [0.29, 0.717) is 24.8 Å². The highest BCUT2D eigenvalue weighted by atomic mass is 32.2. The third kappa shape index (κ3) is 5.17. The van der Waals surface area contributed by atoms with Crippen LogP contribution in [0.5, 0.6) is 0 Å². The van der Waals surface area contributed by atoms with E-state index in [0.717, 1.165) is 25.9 Å². The molecule has 3 fully saturated rings. The number of amides is 1. The van der Waals surface area contributed by atoms with Crippen LogP contribution in [0.15, 0.2) is 29.2 Å². The zero-order valence-corrected chi connectivity index (χ0v) is 19.5. The number of benzene rings is 1. The number of sulfonamides is 1. The molecular weight excluding hydrogens is 432 g/mol. The Bertz CT molecular complexity index is 902. The lowest BCUT2D eigenvalue weighted by Gasteiger charge is -2.44. The number of ether oxygens (including phenoxy) is 2. The van der Waals surface area contributed by atoms with Gasteiger partial charge in [0.15, 0.2) is 0 Å². The van der Waals surface area contributed by atoms with Crippen molar-refractivity contribution in [2.24, 2.45) is 0 Å². The van der Waals surface area contributed by atoms with Crippen molar-refractivity contribution in [1.29, 1.82) is 0 Å². The predicted molar refractivity (Wildman–Crippen MR) is 119 cm³/mol. The van der Waals surface area contributed by atoms with E-state index in [1.807, 2.05) is 4.90 Å². The summed E-state index contributed by atoms with van der Waals surface area (Å²) in [4.78, 5) is 14.9. The number of nitrogens with zero attached hydrogens (tertiary/aromatic N) is 2. The third-order valence-corrected chi connectivity index (χ3v) is 8.78. The van der Waals surface area contributed by atoms with Gasteiger partial charge in [0.25, 0.3) is 0 Å². The fraction of sp³-hybridized carbons (Fsp3) is 0.696. The van der Waals surface area contributed by atoms with Crippen LogP contribution in [0.3, 0.4) is 0 Å². The quantitative estimate of drug-likeness (QED) is 0.726. The Morgan fingerprint density at radius 2 is 1.88 bits per heavy atom. The van der Waals surface area contributed by atoms with E-state index in [-0.39, 0.29) is 36.7 Å². The highest BCUT2D eigenvalue weighted by Crippen LogP contribution is 2.32. The summed E-state index contributed by atoms with van der Waals surface area (Å²) in [5, 5.41) is 10.3. The first kappa shape index (κ1) is 23.6. The lowest BCUT2D eigenvalue weighted by atomic mass is 9.96. The molecule has 0 radical (unpaired) electrons. The summed E-state index contributed by atoms with van der Waals surface area (Å²) in [6.45, 7) is 3.58. The van der Waals surface area contributed by atoms with E-state index in [4.69, 9.17) is 9.47 Å². The topological polar surface area (TPSA) is 96.4 Å². The Balaban J connectivity index is 1.51. The van der Waals surface area contributed by atoms with Crippen molar-refractivity contribution in [3.8, 4) is 0 Å². The largest absolute Gasteiger partial charge is 0.389 e. The summed E-state index contributed by atoms with van der Waals surface area (Å²) in [5.41, 5.74) is 0.665. The van der Waals surface area contributed by atoms with E-state index in [1.54, 1.807) is 31.2 Å². The second-order valence-corrected chi connectivity index (χ2v) is 11.0. The number of carbonyl (C=O) groups is 1. The predicted octanol–water partition coefficient (Wildman–Crippen LogP) is 1.70. The van der Waals surface area contributed by atoms with E-state index >= 15 is 0 Å². The maximum Gasteiger partial charge on any atom is 0.243 e. The first-order valence-corrected chi connectivity index (χ1v) is 13.1. The van der Waals surface area contributed by atoms with Crippen LogP contribution in [-0.4, -0.2) is 85.8 Å². The average Bonchev–Trinajstić information content (AvgIpc) is 2.77. The number of rotatable bonds is 4.